The second kappa shape index (κ2) is 15.5. The molecule has 0 unspecified atom stereocenters. The molecule has 0 bridgehead atoms. The van der Waals surface area contributed by atoms with E-state index in [9.17, 15) is 4.79 Å². The third kappa shape index (κ3) is 19.0. The maximum atomic E-state index is 11.6. The lowest BCUT2D eigenvalue weighted by molar-refractivity contribution is -0.154. The van der Waals surface area contributed by atoms with Gasteiger partial charge in [0.2, 0.25) is 0 Å². The number of hydrogen-bond acceptors (Lipinski definition) is 2. The van der Waals surface area contributed by atoms with Gasteiger partial charge in [-0.15, -0.1) is 0 Å². The van der Waals surface area contributed by atoms with Crippen molar-refractivity contribution in [1.82, 2.24) is 0 Å². The highest BCUT2D eigenvalue weighted by Gasteiger charge is 2.15. The van der Waals surface area contributed by atoms with E-state index in [1.54, 1.807) is 0 Å². The summed E-state index contributed by atoms with van der Waals surface area (Å²) in [5.41, 5.74) is -0.353. The molecule has 2 heteroatoms. The molecule has 0 aliphatic carbocycles. The Morgan fingerprint density at radius 3 is 1.92 bits per heavy atom. The van der Waals surface area contributed by atoms with Crippen molar-refractivity contribution in [1.29, 1.82) is 0 Å². The van der Waals surface area contributed by atoms with Gasteiger partial charge in [-0.3, -0.25) is 4.79 Å². The lowest BCUT2D eigenvalue weighted by Gasteiger charge is -2.19. The van der Waals surface area contributed by atoms with Gasteiger partial charge in [0.1, 0.15) is 5.60 Å². The van der Waals surface area contributed by atoms with Gasteiger partial charge in [0.05, 0.1) is 0 Å². The van der Waals surface area contributed by atoms with Gasteiger partial charge in [-0.2, -0.15) is 0 Å². The molecule has 0 radical (unpaired) electrons. The second-order valence-electron chi connectivity index (χ2n) is 7.57. The summed E-state index contributed by atoms with van der Waals surface area (Å²) in [7, 11) is 0. The number of carbonyl (C=O) groups excluding carboxylic acids is 1. The van der Waals surface area contributed by atoms with Gasteiger partial charge < -0.3 is 4.74 Å². The zero-order valence-corrected chi connectivity index (χ0v) is 16.6. The van der Waals surface area contributed by atoms with Crippen LogP contribution >= 0.6 is 0 Å². The first kappa shape index (κ1) is 22.9. The van der Waals surface area contributed by atoms with E-state index in [0.29, 0.717) is 6.42 Å². The smallest absolute Gasteiger partial charge is 0.306 e. The molecule has 140 valence electrons. The lowest BCUT2D eigenvalue weighted by atomic mass is 10.1. The van der Waals surface area contributed by atoms with E-state index in [1.165, 1.54) is 51.4 Å². The SMILES string of the molecule is CCCCC/C=C\C/C=C\CCCCCCCC(=O)OC(C)(C)C. The molecule has 0 amide bonds. The van der Waals surface area contributed by atoms with E-state index >= 15 is 0 Å². The molecular formula is C22H40O2. The van der Waals surface area contributed by atoms with Crippen molar-refractivity contribution in [3.05, 3.63) is 24.3 Å². The molecule has 0 fully saturated rings. The third-order valence-corrected chi connectivity index (χ3v) is 3.75. The molecule has 0 aromatic carbocycles. The molecule has 0 heterocycles. The average Bonchev–Trinajstić information content (AvgIpc) is 2.49. The number of allylic oxidation sites excluding steroid dienone is 4. The molecule has 0 N–H and O–H groups in total. The van der Waals surface area contributed by atoms with Crippen LogP contribution in [0.3, 0.4) is 0 Å². The summed E-state index contributed by atoms with van der Waals surface area (Å²) in [6.07, 6.45) is 23.0. The zero-order valence-electron chi connectivity index (χ0n) is 16.6. The fourth-order valence-corrected chi connectivity index (χ4v) is 2.47. The van der Waals surface area contributed by atoms with Gasteiger partial charge in [0, 0.05) is 6.42 Å². The maximum absolute atomic E-state index is 11.6. The van der Waals surface area contributed by atoms with Crippen LogP contribution in [0, 0.1) is 0 Å². The first-order valence-electron chi connectivity index (χ1n) is 9.97. The summed E-state index contributed by atoms with van der Waals surface area (Å²) >= 11 is 0. The minimum absolute atomic E-state index is 0.0619. The van der Waals surface area contributed by atoms with Crippen LogP contribution in [0.4, 0.5) is 0 Å². The summed E-state index contributed by atoms with van der Waals surface area (Å²) in [5, 5.41) is 0. The molecular weight excluding hydrogens is 296 g/mol. The van der Waals surface area contributed by atoms with E-state index in [4.69, 9.17) is 4.74 Å². The van der Waals surface area contributed by atoms with Crippen LogP contribution < -0.4 is 0 Å². The summed E-state index contributed by atoms with van der Waals surface area (Å²) in [6.45, 7) is 8.00. The Labute approximate surface area is 150 Å². The normalized spacial score (nSPS) is 12.3. The van der Waals surface area contributed by atoms with Crippen molar-refractivity contribution in [3.63, 3.8) is 0 Å². The Morgan fingerprint density at radius 1 is 0.792 bits per heavy atom. The van der Waals surface area contributed by atoms with Crippen molar-refractivity contribution in [2.75, 3.05) is 0 Å². The van der Waals surface area contributed by atoms with Gasteiger partial charge in [0.15, 0.2) is 0 Å². The highest BCUT2D eigenvalue weighted by atomic mass is 16.6. The number of esters is 1. The highest BCUT2D eigenvalue weighted by molar-refractivity contribution is 5.69. The predicted molar refractivity (Wildman–Crippen MR) is 105 cm³/mol. The van der Waals surface area contributed by atoms with Gasteiger partial charge >= 0.3 is 5.97 Å². The van der Waals surface area contributed by atoms with E-state index < -0.39 is 0 Å². The first-order valence-corrected chi connectivity index (χ1v) is 9.97. The topological polar surface area (TPSA) is 26.3 Å². The van der Waals surface area contributed by atoms with Crippen LogP contribution in [-0.2, 0) is 9.53 Å². The third-order valence-electron chi connectivity index (χ3n) is 3.75. The molecule has 2 nitrogen and oxygen atoms in total. The number of ether oxygens (including phenoxy) is 1. The van der Waals surface area contributed by atoms with E-state index in [1.807, 2.05) is 20.8 Å². The Morgan fingerprint density at radius 2 is 1.33 bits per heavy atom. The van der Waals surface area contributed by atoms with Gasteiger partial charge in [0.25, 0.3) is 0 Å². The molecule has 0 aromatic rings. The fourth-order valence-electron chi connectivity index (χ4n) is 2.47. The summed E-state index contributed by atoms with van der Waals surface area (Å²) in [5.74, 6) is -0.0619. The number of carbonyl (C=O) groups is 1. The average molecular weight is 337 g/mol. The summed E-state index contributed by atoms with van der Waals surface area (Å²) in [6, 6.07) is 0. The Bertz CT molecular complexity index is 347. The fraction of sp³-hybridized carbons (Fsp3) is 0.773. The van der Waals surface area contributed by atoms with Crippen molar-refractivity contribution in [2.45, 2.75) is 110 Å². The maximum Gasteiger partial charge on any atom is 0.306 e. The van der Waals surface area contributed by atoms with Crippen LogP contribution in [0.15, 0.2) is 24.3 Å². The van der Waals surface area contributed by atoms with Crippen LogP contribution in [-0.4, -0.2) is 11.6 Å². The molecule has 0 saturated carbocycles. The Kier molecular flexibility index (Phi) is 14.8. The molecule has 0 aromatic heterocycles. The van der Waals surface area contributed by atoms with Gasteiger partial charge in [-0.25, -0.2) is 0 Å². The molecule has 24 heavy (non-hydrogen) atoms. The lowest BCUT2D eigenvalue weighted by Crippen LogP contribution is -2.23. The Hall–Kier alpha value is -1.05. The molecule has 0 saturated heterocycles. The summed E-state index contributed by atoms with van der Waals surface area (Å²) < 4.78 is 5.30. The molecule has 0 spiro atoms. The summed E-state index contributed by atoms with van der Waals surface area (Å²) in [4.78, 5) is 11.6. The van der Waals surface area contributed by atoms with Crippen molar-refractivity contribution >= 4 is 5.97 Å². The number of rotatable bonds is 14. The molecule has 0 atom stereocenters. The number of hydrogen-bond donors (Lipinski definition) is 0. The quantitative estimate of drug-likeness (QED) is 0.191. The Balaban J connectivity index is 3.33. The monoisotopic (exact) mass is 336 g/mol. The predicted octanol–water partition coefficient (Wildman–Crippen LogP) is 7.14. The van der Waals surface area contributed by atoms with E-state index in [-0.39, 0.29) is 11.6 Å². The van der Waals surface area contributed by atoms with E-state index in [2.05, 4.69) is 31.2 Å². The van der Waals surface area contributed by atoms with Gasteiger partial charge in [-0.05, 0) is 59.3 Å². The van der Waals surface area contributed by atoms with Crippen LogP contribution in [0.1, 0.15) is 105 Å². The minimum atomic E-state index is -0.353. The standard InChI is InChI=1S/C22H40O2/c1-5-6-7-8-9-10-11-12-13-14-15-16-17-18-19-20-21(23)24-22(2,3)4/h9-10,12-13H,5-8,11,14-20H2,1-4H3/b10-9-,13-12-. The zero-order chi connectivity index (χ0) is 18.1. The van der Waals surface area contributed by atoms with Crippen LogP contribution in [0.2, 0.25) is 0 Å². The molecule has 0 aliphatic heterocycles. The highest BCUT2D eigenvalue weighted by Crippen LogP contribution is 2.12. The van der Waals surface area contributed by atoms with E-state index in [0.717, 1.165) is 19.3 Å². The largest absolute Gasteiger partial charge is 0.460 e. The van der Waals surface area contributed by atoms with Crippen LogP contribution in [0.5, 0.6) is 0 Å². The number of unbranched alkanes of at least 4 members (excludes halogenated alkanes) is 8. The molecule has 0 aliphatic rings. The van der Waals surface area contributed by atoms with Crippen LogP contribution in [0.25, 0.3) is 0 Å². The van der Waals surface area contributed by atoms with Crippen molar-refractivity contribution in [2.24, 2.45) is 0 Å². The van der Waals surface area contributed by atoms with Gasteiger partial charge in [-0.1, -0.05) is 63.3 Å². The first-order chi connectivity index (χ1) is 11.5. The second-order valence-corrected chi connectivity index (χ2v) is 7.57. The van der Waals surface area contributed by atoms with Crippen molar-refractivity contribution < 1.29 is 9.53 Å². The minimum Gasteiger partial charge on any atom is -0.460 e. The van der Waals surface area contributed by atoms with Crippen molar-refractivity contribution in [3.8, 4) is 0 Å². The molecule has 0 rings (SSSR count).